The molecule has 0 N–H and O–H groups in total. The minimum Gasteiger partial charge on any atom is -0.467 e. The summed E-state index contributed by atoms with van der Waals surface area (Å²) in [6.45, 7) is 1.85. The Morgan fingerprint density at radius 3 is 2.83 bits per heavy atom. The van der Waals surface area contributed by atoms with Gasteiger partial charge < -0.3 is 18.7 Å². The number of carbonyl (C=O) groups excluding carboxylic acids is 1. The number of carbonyl (C=O) groups is 1. The van der Waals surface area contributed by atoms with Crippen LogP contribution in [0.15, 0.2) is 27.3 Å². The van der Waals surface area contributed by atoms with Gasteiger partial charge in [0.1, 0.15) is 11.5 Å². The van der Waals surface area contributed by atoms with E-state index in [2.05, 4.69) is 10.1 Å². The first-order chi connectivity index (χ1) is 11.1. The second-order valence-corrected chi connectivity index (χ2v) is 6.25. The van der Waals surface area contributed by atoms with E-state index < -0.39 is 0 Å². The first kappa shape index (κ1) is 15.8. The van der Waals surface area contributed by atoms with Crippen LogP contribution in [-0.4, -0.2) is 48.0 Å². The molecule has 2 heterocycles. The minimum atomic E-state index is -0.0739. The van der Waals surface area contributed by atoms with E-state index in [9.17, 15) is 4.79 Å². The molecule has 0 saturated heterocycles. The van der Waals surface area contributed by atoms with E-state index in [1.54, 1.807) is 11.2 Å². The Balaban J connectivity index is 1.80. The molecule has 1 aliphatic carbocycles. The number of nitrogens with zero attached hydrogens (tertiary/aromatic N) is 3. The number of likely N-dealkylation sites (N-methyl/N-ethyl adjacent to an activating group) is 1. The van der Waals surface area contributed by atoms with Gasteiger partial charge in [0.25, 0.3) is 5.91 Å². The van der Waals surface area contributed by atoms with Crippen molar-refractivity contribution >= 4 is 5.91 Å². The van der Waals surface area contributed by atoms with Gasteiger partial charge in [-0.05, 0) is 45.5 Å². The molecule has 0 fully saturated rings. The number of rotatable bonds is 6. The Bertz CT molecular complexity index is 646. The summed E-state index contributed by atoms with van der Waals surface area (Å²) in [4.78, 5) is 16.8. The number of hydrogen-bond acceptors (Lipinski definition) is 5. The van der Waals surface area contributed by atoms with Crippen molar-refractivity contribution in [2.45, 2.75) is 32.2 Å². The molecule has 6 nitrogen and oxygen atoms in total. The largest absolute Gasteiger partial charge is 0.467 e. The van der Waals surface area contributed by atoms with Gasteiger partial charge >= 0.3 is 0 Å². The fraction of sp³-hybridized carbons (Fsp3) is 0.529. The molecular weight excluding hydrogens is 294 g/mol. The molecule has 0 saturated carbocycles. The van der Waals surface area contributed by atoms with Crippen molar-refractivity contribution in [3.05, 3.63) is 41.2 Å². The Kier molecular flexibility index (Phi) is 4.81. The van der Waals surface area contributed by atoms with Gasteiger partial charge in [0.15, 0.2) is 5.69 Å². The molecule has 0 spiro atoms. The van der Waals surface area contributed by atoms with Gasteiger partial charge in [-0.2, -0.15) is 0 Å². The minimum absolute atomic E-state index is 0.0739. The Morgan fingerprint density at radius 2 is 2.09 bits per heavy atom. The summed E-state index contributed by atoms with van der Waals surface area (Å²) < 4.78 is 10.8. The average Bonchev–Trinajstić information content (AvgIpc) is 3.20. The van der Waals surface area contributed by atoms with Crippen molar-refractivity contribution in [3.63, 3.8) is 0 Å². The summed E-state index contributed by atoms with van der Waals surface area (Å²) in [6, 6.07) is 3.72. The van der Waals surface area contributed by atoms with Crippen molar-refractivity contribution < 1.29 is 13.7 Å². The SMILES string of the molecule is CN(C)CCN(Cc1ccco1)C(=O)c1noc2c1CCCC2. The molecule has 2 aromatic rings. The molecule has 3 rings (SSSR count). The average molecular weight is 317 g/mol. The highest BCUT2D eigenvalue weighted by atomic mass is 16.5. The van der Waals surface area contributed by atoms with Gasteiger partial charge in [0, 0.05) is 25.1 Å². The molecular formula is C17H23N3O3. The van der Waals surface area contributed by atoms with Crippen LogP contribution in [0.5, 0.6) is 0 Å². The number of furan rings is 1. The van der Waals surface area contributed by atoms with Crippen molar-refractivity contribution in [2.24, 2.45) is 0 Å². The van der Waals surface area contributed by atoms with E-state index in [-0.39, 0.29) is 5.91 Å². The van der Waals surface area contributed by atoms with Crippen LogP contribution in [0.1, 0.15) is 40.4 Å². The predicted molar refractivity (Wildman–Crippen MR) is 85.1 cm³/mol. The van der Waals surface area contributed by atoms with E-state index in [0.29, 0.717) is 18.8 Å². The summed E-state index contributed by atoms with van der Waals surface area (Å²) in [6.07, 6.45) is 5.58. The fourth-order valence-electron chi connectivity index (χ4n) is 2.87. The summed E-state index contributed by atoms with van der Waals surface area (Å²) >= 11 is 0. The highest BCUT2D eigenvalue weighted by Gasteiger charge is 2.27. The first-order valence-corrected chi connectivity index (χ1v) is 8.09. The van der Waals surface area contributed by atoms with Crippen molar-refractivity contribution in [1.82, 2.24) is 15.0 Å². The Morgan fingerprint density at radius 1 is 1.26 bits per heavy atom. The number of hydrogen-bond donors (Lipinski definition) is 0. The van der Waals surface area contributed by atoms with E-state index in [1.807, 2.05) is 26.2 Å². The summed E-state index contributed by atoms with van der Waals surface area (Å²) in [5.41, 5.74) is 1.47. The van der Waals surface area contributed by atoms with Crippen molar-refractivity contribution in [2.75, 3.05) is 27.2 Å². The van der Waals surface area contributed by atoms with Gasteiger partial charge in [-0.3, -0.25) is 4.79 Å². The molecule has 6 heteroatoms. The highest BCUT2D eigenvalue weighted by Crippen LogP contribution is 2.25. The number of amides is 1. The third kappa shape index (κ3) is 3.64. The summed E-state index contributed by atoms with van der Waals surface area (Å²) in [5, 5.41) is 4.06. The van der Waals surface area contributed by atoms with Crippen LogP contribution in [0, 0.1) is 0 Å². The van der Waals surface area contributed by atoms with Crippen LogP contribution in [0.3, 0.4) is 0 Å². The third-order valence-corrected chi connectivity index (χ3v) is 4.18. The van der Waals surface area contributed by atoms with Crippen LogP contribution in [0.4, 0.5) is 0 Å². The molecule has 0 radical (unpaired) electrons. The third-order valence-electron chi connectivity index (χ3n) is 4.18. The smallest absolute Gasteiger partial charge is 0.276 e. The molecule has 1 amide bonds. The molecule has 2 aromatic heterocycles. The summed E-state index contributed by atoms with van der Waals surface area (Å²) in [5.74, 6) is 1.58. The fourth-order valence-corrected chi connectivity index (χ4v) is 2.87. The van der Waals surface area contributed by atoms with Crippen LogP contribution in [-0.2, 0) is 19.4 Å². The molecule has 0 aromatic carbocycles. The molecule has 1 aliphatic rings. The van der Waals surface area contributed by atoms with Crippen LogP contribution in [0.2, 0.25) is 0 Å². The van der Waals surface area contributed by atoms with E-state index >= 15 is 0 Å². The first-order valence-electron chi connectivity index (χ1n) is 8.09. The highest BCUT2D eigenvalue weighted by molar-refractivity contribution is 5.93. The molecule has 23 heavy (non-hydrogen) atoms. The molecule has 0 aliphatic heterocycles. The van der Waals surface area contributed by atoms with E-state index in [0.717, 1.165) is 49.3 Å². The Hall–Kier alpha value is -2.08. The quantitative estimate of drug-likeness (QED) is 0.818. The van der Waals surface area contributed by atoms with E-state index in [1.165, 1.54) is 0 Å². The zero-order valence-electron chi connectivity index (χ0n) is 13.7. The lowest BCUT2D eigenvalue weighted by molar-refractivity contribution is 0.0708. The normalized spacial score (nSPS) is 14.0. The van der Waals surface area contributed by atoms with Gasteiger partial charge in [0.2, 0.25) is 0 Å². The zero-order valence-corrected chi connectivity index (χ0v) is 13.7. The van der Waals surface area contributed by atoms with Crippen LogP contribution >= 0.6 is 0 Å². The molecule has 0 bridgehead atoms. The maximum absolute atomic E-state index is 13.0. The second-order valence-electron chi connectivity index (χ2n) is 6.25. The maximum atomic E-state index is 13.0. The topological polar surface area (TPSA) is 62.7 Å². The lowest BCUT2D eigenvalue weighted by Crippen LogP contribution is -2.36. The van der Waals surface area contributed by atoms with Crippen LogP contribution < -0.4 is 0 Å². The van der Waals surface area contributed by atoms with Gasteiger partial charge in [-0.1, -0.05) is 5.16 Å². The standard InChI is InChI=1S/C17H23N3O3/c1-19(2)9-10-20(12-13-6-5-11-22-13)17(21)16-14-7-3-4-8-15(14)23-18-16/h5-6,11H,3-4,7-10,12H2,1-2H3. The monoisotopic (exact) mass is 317 g/mol. The molecule has 0 atom stereocenters. The number of aromatic nitrogens is 1. The Labute approximate surface area is 136 Å². The molecule has 124 valence electrons. The number of fused-ring (bicyclic) bond motifs is 1. The lowest BCUT2D eigenvalue weighted by Gasteiger charge is -2.23. The summed E-state index contributed by atoms with van der Waals surface area (Å²) in [7, 11) is 3.99. The predicted octanol–water partition coefficient (Wildman–Crippen LogP) is 2.35. The second kappa shape index (κ2) is 7.00. The van der Waals surface area contributed by atoms with Gasteiger partial charge in [-0.25, -0.2) is 0 Å². The van der Waals surface area contributed by atoms with Crippen molar-refractivity contribution in [3.8, 4) is 0 Å². The maximum Gasteiger partial charge on any atom is 0.276 e. The van der Waals surface area contributed by atoms with Gasteiger partial charge in [0.05, 0.1) is 12.8 Å². The van der Waals surface area contributed by atoms with Gasteiger partial charge in [-0.15, -0.1) is 0 Å². The van der Waals surface area contributed by atoms with E-state index in [4.69, 9.17) is 8.94 Å². The number of aryl methyl sites for hydroxylation is 1. The van der Waals surface area contributed by atoms with Crippen LogP contribution in [0.25, 0.3) is 0 Å². The molecule has 0 unspecified atom stereocenters. The lowest BCUT2D eigenvalue weighted by atomic mass is 9.96. The van der Waals surface area contributed by atoms with Crippen molar-refractivity contribution in [1.29, 1.82) is 0 Å². The zero-order chi connectivity index (χ0) is 16.2.